The predicted octanol–water partition coefficient (Wildman–Crippen LogP) is 5.82. The van der Waals surface area contributed by atoms with E-state index in [4.69, 9.17) is 14.2 Å². The van der Waals surface area contributed by atoms with Gasteiger partial charge in [-0.05, 0) is 41.0 Å². The first-order valence-electron chi connectivity index (χ1n) is 12.2. The number of fused-ring (bicyclic) bond motifs is 1. The molecule has 0 atom stereocenters. The Bertz CT molecular complexity index is 1490. The second-order valence-electron chi connectivity index (χ2n) is 8.99. The average Bonchev–Trinajstić information content (AvgIpc) is 3.30. The van der Waals surface area contributed by atoms with E-state index in [2.05, 4.69) is 21.9 Å². The molecule has 0 bridgehead atoms. The van der Waals surface area contributed by atoms with E-state index >= 15 is 0 Å². The highest BCUT2D eigenvalue weighted by molar-refractivity contribution is 5.70. The van der Waals surface area contributed by atoms with E-state index in [0.29, 0.717) is 17.0 Å². The van der Waals surface area contributed by atoms with Crippen LogP contribution < -0.4 is 9.47 Å². The summed E-state index contributed by atoms with van der Waals surface area (Å²) < 4.78 is 47.2. The van der Waals surface area contributed by atoms with Gasteiger partial charge in [0.05, 0.1) is 27.0 Å². The summed E-state index contributed by atoms with van der Waals surface area (Å²) in [6.07, 6.45) is 2.79. The second kappa shape index (κ2) is 10.8. The highest BCUT2D eigenvalue weighted by atomic mass is 19.3. The van der Waals surface area contributed by atoms with E-state index in [1.807, 2.05) is 78.9 Å². The van der Waals surface area contributed by atoms with Crippen molar-refractivity contribution in [3.63, 3.8) is 0 Å². The van der Waals surface area contributed by atoms with E-state index in [1.54, 1.807) is 14.2 Å². The maximum Gasteiger partial charge on any atom is 0.266 e. The highest BCUT2D eigenvalue weighted by Gasteiger charge is 2.39. The lowest BCUT2D eigenvalue weighted by Gasteiger charge is -2.36. The van der Waals surface area contributed by atoms with Gasteiger partial charge in [0, 0.05) is 6.92 Å². The Balaban J connectivity index is 1.68. The molecule has 0 saturated carbocycles. The minimum atomic E-state index is -3.24. The number of benzene rings is 3. The van der Waals surface area contributed by atoms with Gasteiger partial charge < -0.3 is 18.8 Å². The minimum Gasteiger partial charge on any atom is -0.497 e. The van der Waals surface area contributed by atoms with Gasteiger partial charge in [0.2, 0.25) is 0 Å². The van der Waals surface area contributed by atoms with Crippen molar-refractivity contribution in [1.29, 1.82) is 0 Å². The first kappa shape index (κ1) is 26.2. The van der Waals surface area contributed by atoms with Crippen LogP contribution >= 0.6 is 0 Å². The minimum absolute atomic E-state index is 0.112. The fourth-order valence-corrected chi connectivity index (χ4v) is 4.68. The largest absolute Gasteiger partial charge is 0.497 e. The summed E-state index contributed by atoms with van der Waals surface area (Å²) in [7, 11) is 3.20. The van der Waals surface area contributed by atoms with Crippen molar-refractivity contribution in [1.82, 2.24) is 19.5 Å². The van der Waals surface area contributed by atoms with E-state index in [1.165, 1.54) is 17.1 Å². The van der Waals surface area contributed by atoms with Gasteiger partial charge in [0.25, 0.3) is 5.92 Å². The molecule has 39 heavy (non-hydrogen) atoms. The topological polar surface area (TPSA) is 71.3 Å². The maximum absolute atomic E-state index is 14.1. The molecule has 2 aromatic heterocycles. The smallest absolute Gasteiger partial charge is 0.266 e. The van der Waals surface area contributed by atoms with Crippen molar-refractivity contribution in [2.24, 2.45) is 0 Å². The highest BCUT2D eigenvalue weighted by Crippen LogP contribution is 2.42. The molecular formula is C30H27F2N4O3. The van der Waals surface area contributed by atoms with Gasteiger partial charge in [-0.1, -0.05) is 54.6 Å². The van der Waals surface area contributed by atoms with Crippen molar-refractivity contribution in [3.8, 4) is 11.5 Å². The Hall–Kier alpha value is -4.37. The molecule has 0 saturated heterocycles. The van der Waals surface area contributed by atoms with Crippen LogP contribution in [0.4, 0.5) is 8.78 Å². The SMILES string of the molecule is [CH2]C(F)(F)Cn1c(COC(c2ccccc2)(c2ccc(OC)cc2)c2ccc(OC)cc2)nc2cncnc21. The van der Waals surface area contributed by atoms with Gasteiger partial charge in [-0.15, -0.1) is 0 Å². The lowest BCUT2D eigenvalue weighted by Crippen LogP contribution is -2.33. The predicted molar refractivity (Wildman–Crippen MR) is 143 cm³/mol. The third kappa shape index (κ3) is 5.31. The van der Waals surface area contributed by atoms with Gasteiger partial charge in [-0.25, -0.2) is 23.7 Å². The molecule has 0 aliphatic heterocycles. The van der Waals surface area contributed by atoms with Crippen LogP contribution in [0.5, 0.6) is 11.5 Å². The van der Waals surface area contributed by atoms with E-state index in [0.717, 1.165) is 16.7 Å². The monoisotopic (exact) mass is 529 g/mol. The molecule has 9 heteroatoms. The number of halogens is 2. The number of alkyl halides is 2. The molecule has 0 N–H and O–H groups in total. The van der Waals surface area contributed by atoms with Crippen molar-refractivity contribution < 1.29 is 23.0 Å². The van der Waals surface area contributed by atoms with Crippen LogP contribution in [-0.2, 0) is 23.5 Å². The van der Waals surface area contributed by atoms with Gasteiger partial charge in [0.15, 0.2) is 5.65 Å². The molecular weight excluding hydrogens is 502 g/mol. The normalized spacial score (nSPS) is 12.0. The standard InChI is InChI=1S/C30H27F2N4O3/c1-29(31,32)19-36-27(35-26-17-33-20-34-28(26)36)18-39-30(21-7-5-4-6-8-21,22-9-13-24(37-2)14-10-22)23-11-15-25(38-3)16-12-23/h4-17,20H,1,18-19H2,2-3H3. The third-order valence-electron chi connectivity index (χ3n) is 6.47. The molecule has 0 aliphatic carbocycles. The number of imidazole rings is 1. The molecule has 0 fully saturated rings. The second-order valence-corrected chi connectivity index (χ2v) is 8.99. The van der Waals surface area contributed by atoms with Gasteiger partial charge in [0.1, 0.15) is 41.4 Å². The van der Waals surface area contributed by atoms with Crippen LogP contribution in [0.25, 0.3) is 11.2 Å². The van der Waals surface area contributed by atoms with Crippen LogP contribution in [0, 0.1) is 6.92 Å². The fourth-order valence-electron chi connectivity index (χ4n) is 4.68. The summed E-state index contributed by atoms with van der Waals surface area (Å²) in [6.45, 7) is 2.17. The summed E-state index contributed by atoms with van der Waals surface area (Å²) in [6, 6.07) is 24.8. The third-order valence-corrected chi connectivity index (χ3v) is 6.47. The van der Waals surface area contributed by atoms with Gasteiger partial charge >= 0.3 is 0 Å². The average molecular weight is 530 g/mol. The maximum atomic E-state index is 14.1. The summed E-state index contributed by atoms with van der Waals surface area (Å²) in [5.74, 6) is -1.59. The number of rotatable bonds is 10. The molecule has 3 aromatic carbocycles. The van der Waals surface area contributed by atoms with Crippen molar-refractivity contribution >= 4 is 11.2 Å². The van der Waals surface area contributed by atoms with Crippen LogP contribution in [0.3, 0.4) is 0 Å². The zero-order chi connectivity index (χ0) is 27.5. The van der Waals surface area contributed by atoms with Gasteiger partial charge in [-0.3, -0.25) is 0 Å². The molecule has 7 nitrogen and oxygen atoms in total. The first-order chi connectivity index (χ1) is 18.8. The zero-order valence-electron chi connectivity index (χ0n) is 21.6. The summed E-state index contributed by atoms with van der Waals surface area (Å²) in [4.78, 5) is 12.7. The van der Waals surface area contributed by atoms with Crippen LogP contribution in [0.2, 0.25) is 0 Å². The Kier molecular flexibility index (Phi) is 7.26. The number of ether oxygens (including phenoxy) is 3. The molecule has 0 spiro atoms. The summed E-state index contributed by atoms with van der Waals surface area (Å²) in [5.41, 5.74) is 1.99. The lowest BCUT2D eigenvalue weighted by atomic mass is 9.80. The summed E-state index contributed by atoms with van der Waals surface area (Å²) >= 11 is 0. The summed E-state index contributed by atoms with van der Waals surface area (Å²) in [5, 5.41) is 0. The molecule has 0 aliphatic rings. The Morgan fingerprint density at radius 2 is 1.38 bits per heavy atom. The molecule has 2 heterocycles. The number of methoxy groups -OCH3 is 2. The van der Waals surface area contributed by atoms with E-state index in [-0.39, 0.29) is 18.1 Å². The number of hydrogen-bond acceptors (Lipinski definition) is 6. The van der Waals surface area contributed by atoms with E-state index in [9.17, 15) is 8.78 Å². The Labute approximate surface area is 225 Å². The van der Waals surface area contributed by atoms with Crippen molar-refractivity contribution in [2.75, 3.05) is 14.2 Å². The lowest BCUT2D eigenvalue weighted by molar-refractivity contribution is -0.00846. The van der Waals surface area contributed by atoms with Crippen molar-refractivity contribution in [3.05, 3.63) is 121 Å². The van der Waals surface area contributed by atoms with Crippen LogP contribution in [0.15, 0.2) is 91.4 Å². The van der Waals surface area contributed by atoms with Crippen molar-refractivity contribution in [2.45, 2.75) is 24.7 Å². The molecule has 0 unspecified atom stereocenters. The number of aromatic nitrogens is 4. The Morgan fingerprint density at radius 3 is 1.92 bits per heavy atom. The van der Waals surface area contributed by atoms with E-state index < -0.39 is 18.1 Å². The quantitative estimate of drug-likeness (QED) is 0.212. The molecule has 1 radical (unpaired) electrons. The molecule has 0 amide bonds. The fraction of sp³-hybridized carbons (Fsp3) is 0.200. The number of hydrogen-bond donors (Lipinski definition) is 0. The first-order valence-corrected chi connectivity index (χ1v) is 12.2. The van der Waals surface area contributed by atoms with Crippen LogP contribution in [0.1, 0.15) is 22.5 Å². The number of nitrogens with zero attached hydrogens (tertiary/aromatic N) is 4. The van der Waals surface area contributed by atoms with Crippen LogP contribution in [-0.4, -0.2) is 39.7 Å². The molecule has 5 aromatic rings. The zero-order valence-corrected chi connectivity index (χ0v) is 21.6. The van der Waals surface area contributed by atoms with Gasteiger partial charge in [-0.2, -0.15) is 0 Å². The Morgan fingerprint density at radius 1 is 0.821 bits per heavy atom. The molecule has 5 rings (SSSR count). The molecule has 199 valence electrons.